The van der Waals surface area contributed by atoms with Crippen LogP contribution >= 0.6 is 11.8 Å². The van der Waals surface area contributed by atoms with Crippen molar-refractivity contribution in [1.82, 2.24) is 5.32 Å². The van der Waals surface area contributed by atoms with Crippen LogP contribution < -0.4 is 5.32 Å². The molecule has 2 rings (SSSR count). The van der Waals surface area contributed by atoms with Crippen molar-refractivity contribution in [3.63, 3.8) is 0 Å². The molecule has 1 heterocycles. The molecule has 0 spiro atoms. The molecule has 17 heavy (non-hydrogen) atoms. The van der Waals surface area contributed by atoms with E-state index in [9.17, 15) is 0 Å². The monoisotopic (exact) mass is 255 g/mol. The molecular weight excluding hydrogens is 226 g/mol. The Hall–Kier alpha value is 0.310. The van der Waals surface area contributed by atoms with Gasteiger partial charge in [0, 0.05) is 11.8 Å². The fourth-order valence-electron chi connectivity index (χ4n) is 3.26. The highest BCUT2D eigenvalue weighted by Crippen LogP contribution is 2.35. The Kier molecular flexibility index (Phi) is 4.82. The highest BCUT2D eigenvalue weighted by Gasteiger charge is 2.33. The summed E-state index contributed by atoms with van der Waals surface area (Å²) in [5.74, 6) is 4.54. The molecule has 1 N–H and O–H groups in total. The number of hydrogen-bond donors (Lipinski definition) is 1. The minimum Gasteiger partial charge on any atom is -0.312 e. The molecule has 1 aliphatic carbocycles. The normalized spacial score (nSPS) is 37.9. The molecule has 1 saturated heterocycles. The summed E-state index contributed by atoms with van der Waals surface area (Å²) in [6.07, 6.45) is 7.20. The Morgan fingerprint density at radius 2 is 2.00 bits per heavy atom. The van der Waals surface area contributed by atoms with Gasteiger partial charge in [-0.3, -0.25) is 0 Å². The molecule has 1 aliphatic heterocycles. The Morgan fingerprint density at radius 3 is 2.71 bits per heavy atom. The molecule has 3 atom stereocenters. The van der Waals surface area contributed by atoms with Crippen LogP contribution in [0.3, 0.4) is 0 Å². The third-order valence-electron chi connectivity index (χ3n) is 5.03. The van der Waals surface area contributed by atoms with Gasteiger partial charge in [0.2, 0.25) is 0 Å². The zero-order chi connectivity index (χ0) is 12.3. The van der Waals surface area contributed by atoms with E-state index in [0.717, 1.165) is 17.9 Å². The Labute approximate surface area is 112 Å². The van der Waals surface area contributed by atoms with Gasteiger partial charge in [-0.25, -0.2) is 0 Å². The molecule has 2 fully saturated rings. The Morgan fingerprint density at radius 1 is 1.24 bits per heavy atom. The lowest BCUT2D eigenvalue weighted by molar-refractivity contribution is 0.199. The Balaban J connectivity index is 1.80. The smallest absolute Gasteiger partial charge is 0.0209 e. The van der Waals surface area contributed by atoms with Crippen LogP contribution in [-0.4, -0.2) is 24.1 Å². The third kappa shape index (κ3) is 3.64. The van der Waals surface area contributed by atoms with Gasteiger partial charge < -0.3 is 5.32 Å². The summed E-state index contributed by atoms with van der Waals surface area (Å²) < 4.78 is 0. The fraction of sp³-hybridized carbons (Fsp3) is 1.00. The van der Waals surface area contributed by atoms with Gasteiger partial charge in [-0.1, -0.05) is 40.0 Å². The summed E-state index contributed by atoms with van der Waals surface area (Å²) in [5.41, 5.74) is 0.503. The maximum absolute atomic E-state index is 3.89. The van der Waals surface area contributed by atoms with Crippen LogP contribution in [0.25, 0.3) is 0 Å². The van der Waals surface area contributed by atoms with Crippen molar-refractivity contribution < 1.29 is 0 Å². The SMILES string of the molecule is CC1CCCCC1CNC1CSCCC1(C)C. The lowest BCUT2D eigenvalue weighted by Gasteiger charge is -2.40. The van der Waals surface area contributed by atoms with Crippen molar-refractivity contribution in [2.45, 2.75) is 58.9 Å². The van der Waals surface area contributed by atoms with Gasteiger partial charge in [-0.15, -0.1) is 0 Å². The third-order valence-corrected chi connectivity index (χ3v) is 6.10. The van der Waals surface area contributed by atoms with E-state index in [1.54, 1.807) is 0 Å². The predicted molar refractivity (Wildman–Crippen MR) is 78.6 cm³/mol. The molecule has 0 radical (unpaired) electrons. The van der Waals surface area contributed by atoms with Gasteiger partial charge in [0.25, 0.3) is 0 Å². The number of nitrogens with one attached hydrogen (secondary N) is 1. The van der Waals surface area contributed by atoms with Gasteiger partial charge in [0.05, 0.1) is 0 Å². The first kappa shape index (κ1) is 13.7. The van der Waals surface area contributed by atoms with Crippen molar-refractivity contribution in [3.8, 4) is 0 Å². The van der Waals surface area contributed by atoms with Crippen LogP contribution in [0.1, 0.15) is 52.9 Å². The van der Waals surface area contributed by atoms with E-state index in [-0.39, 0.29) is 0 Å². The van der Waals surface area contributed by atoms with Crippen LogP contribution in [0.15, 0.2) is 0 Å². The summed E-state index contributed by atoms with van der Waals surface area (Å²) in [7, 11) is 0. The fourth-order valence-corrected chi connectivity index (χ4v) is 4.90. The average Bonchev–Trinajstić information content (AvgIpc) is 2.29. The lowest BCUT2D eigenvalue weighted by atomic mass is 9.79. The molecular formula is C15H29NS. The van der Waals surface area contributed by atoms with Crippen LogP contribution in [0.4, 0.5) is 0 Å². The zero-order valence-electron chi connectivity index (χ0n) is 11.8. The summed E-state index contributed by atoms with van der Waals surface area (Å²) >= 11 is 2.13. The summed E-state index contributed by atoms with van der Waals surface area (Å²) in [6, 6.07) is 0.732. The van der Waals surface area contributed by atoms with E-state index in [4.69, 9.17) is 0 Å². The second-order valence-electron chi connectivity index (χ2n) is 6.80. The van der Waals surface area contributed by atoms with E-state index in [1.807, 2.05) is 0 Å². The summed E-state index contributed by atoms with van der Waals surface area (Å²) in [4.78, 5) is 0. The molecule has 0 aromatic rings. The molecule has 2 aliphatic rings. The zero-order valence-corrected chi connectivity index (χ0v) is 12.6. The minimum atomic E-state index is 0.503. The second kappa shape index (κ2) is 5.97. The van der Waals surface area contributed by atoms with Gasteiger partial charge >= 0.3 is 0 Å². The van der Waals surface area contributed by atoms with Crippen LogP contribution in [0.2, 0.25) is 0 Å². The van der Waals surface area contributed by atoms with Crippen molar-refractivity contribution >= 4 is 11.8 Å². The molecule has 100 valence electrons. The van der Waals surface area contributed by atoms with Gasteiger partial charge in [0.1, 0.15) is 0 Å². The van der Waals surface area contributed by atoms with E-state index in [0.29, 0.717) is 5.41 Å². The van der Waals surface area contributed by atoms with E-state index >= 15 is 0 Å². The predicted octanol–water partition coefficient (Wildman–Crippen LogP) is 3.93. The largest absolute Gasteiger partial charge is 0.312 e. The van der Waals surface area contributed by atoms with Gasteiger partial charge in [-0.05, 0) is 42.4 Å². The topological polar surface area (TPSA) is 12.0 Å². The molecule has 0 bridgehead atoms. The molecule has 0 aromatic carbocycles. The highest BCUT2D eigenvalue weighted by atomic mass is 32.2. The van der Waals surface area contributed by atoms with Gasteiger partial charge in [-0.2, -0.15) is 11.8 Å². The quantitative estimate of drug-likeness (QED) is 0.820. The van der Waals surface area contributed by atoms with E-state index in [1.165, 1.54) is 50.2 Å². The molecule has 2 heteroatoms. The summed E-state index contributed by atoms with van der Waals surface area (Å²) in [5, 5.41) is 3.89. The van der Waals surface area contributed by atoms with E-state index in [2.05, 4.69) is 37.8 Å². The first-order valence-corrected chi connectivity index (χ1v) is 8.56. The van der Waals surface area contributed by atoms with E-state index < -0.39 is 0 Å². The van der Waals surface area contributed by atoms with Crippen LogP contribution in [0, 0.1) is 17.3 Å². The average molecular weight is 255 g/mol. The standard InChI is InChI=1S/C15H29NS/c1-12-6-4-5-7-13(12)10-16-14-11-17-9-8-15(14,2)3/h12-14,16H,4-11H2,1-3H3. The highest BCUT2D eigenvalue weighted by molar-refractivity contribution is 7.99. The number of thioether (sulfide) groups is 1. The second-order valence-corrected chi connectivity index (χ2v) is 7.95. The first-order valence-electron chi connectivity index (χ1n) is 7.41. The first-order chi connectivity index (χ1) is 8.09. The van der Waals surface area contributed by atoms with Crippen LogP contribution in [-0.2, 0) is 0 Å². The van der Waals surface area contributed by atoms with Crippen molar-refractivity contribution in [2.24, 2.45) is 17.3 Å². The van der Waals surface area contributed by atoms with Crippen LogP contribution in [0.5, 0.6) is 0 Å². The maximum Gasteiger partial charge on any atom is 0.0209 e. The van der Waals surface area contributed by atoms with Crippen molar-refractivity contribution in [2.75, 3.05) is 18.1 Å². The van der Waals surface area contributed by atoms with Crippen molar-refractivity contribution in [3.05, 3.63) is 0 Å². The lowest BCUT2D eigenvalue weighted by Crippen LogP contribution is -2.48. The number of rotatable bonds is 3. The number of hydrogen-bond acceptors (Lipinski definition) is 2. The maximum atomic E-state index is 3.89. The Bertz CT molecular complexity index is 239. The van der Waals surface area contributed by atoms with Crippen molar-refractivity contribution in [1.29, 1.82) is 0 Å². The summed E-state index contributed by atoms with van der Waals surface area (Å²) in [6.45, 7) is 8.59. The molecule has 0 aromatic heterocycles. The van der Waals surface area contributed by atoms with Gasteiger partial charge in [0.15, 0.2) is 0 Å². The molecule has 0 amide bonds. The molecule has 1 saturated carbocycles. The minimum absolute atomic E-state index is 0.503. The molecule has 3 unspecified atom stereocenters. The molecule has 1 nitrogen and oxygen atoms in total.